The summed E-state index contributed by atoms with van der Waals surface area (Å²) in [5, 5.41) is 8.55. The molecule has 20 heavy (non-hydrogen) atoms. The Morgan fingerprint density at radius 1 is 1.15 bits per heavy atom. The van der Waals surface area contributed by atoms with Gasteiger partial charge in [0.1, 0.15) is 6.04 Å². The highest BCUT2D eigenvalue weighted by Gasteiger charge is 2.16. The first kappa shape index (κ1) is 16.2. The van der Waals surface area contributed by atoms with Crippen molar-refractivity contribution in [3.63, 3.8) is 0 Å². The van der Waals surface area contributed by atoms with Crippen LogP contribution in [0.2, 0.25) is 0 Å². The predicted octanol–water partition coefficient (Wildman–Crippen LogP) is 1.74. The van der Waals surface area contributed by atoms with E-state index in [9.17, 15) is 9.59 Å². The molecule has 0 amide bonds. The monoisotopic (exact) mass is 279 g/mol. The van der Waals surface area contributed by atoms with E-state index in [0.717, 1.165) is 25.7 Å². The standard InChI is InChI=1S/C15H21NO4/c16-13(15(18)19)11-14(17)20-10-6-2-5-9-12-7-3-1-4-8-12/h1,3-4,7-8,13H,2,5-6,9-11,16H2,(H,18,19)/t13-/m0/s1. The summed E-state index contributed by atoms with van der Waals surface area (Å²) in [7, 11) is 0. The highest BCUT2D eigenvalue weighted by molar-refractivity contribution is 5.81. The van der Waals surface area contributed by atoms with Crippen LogP contribution in [-0.4, -0.2) is 29.7 Å². The SMILES string of the molecule is N[C@@H](CC(=O)OCCCCCc1ccccc1)C(=O)O. The maximum atomic E-state index is 11.2. The molecule has 0 aliphatic rings. The van der Waals surface area contributed by atoms with E-state index in [0.29, 0.717) is 6.61 Å². The third kappa shape index (κ3) is 6.89. The molecule has 3 N–H and O–H groups in total. The van der Waals surface area contributed by atoms with E-state index in [1.54, 1.807) is 0 Å². The van der Waals surface area contributed by atoms with Crippen LogP contribution in [-0.2, 0) is 20.7 Å². The maximum absolute atomic E-state index is 11.2. The van der Waals surface area contributed by atoms with E-state index in [-0.39, 0.29) is 6.42 Å². The zero-order chi connectivity index (χ0) is 14.8. The Labute approximate surface area is 118 Å². The Morgan fingerprint density at radius 2 is 1.85 bits per heavy atom. The quantitative estimate of drug-likeness (QED) is 0.531. The number of carbonyl (C=O) groups excluding carboxylic acids is 1. The van der Waals surface area contributed by atoms with Crippen molar-refractivity contribution in [2.24, 2.45) is 5.73 Å². The maximum Gasteiger partial charge on any atom is 0.321 e. The Hall–Kier alpha value is -1.88. The molecule has 1 aromatic carbocycles. The number of esters is 1. The highest BCUT2D eigenvalue weighted by Crippen LogP contribution is 2.06. The number of hydrogen-bond donors (Lipinski definition) is 2. The lowest BCUT2D eigenvalue weighted by atomic mass is 10.1. The molecule has 0 saturated heterocycles. The van der Waals surface area contributed by atoms with E-state index in [1.165, 1.54) is 5.56 Å². The summed E-state index contributed by atoms with van der Waals surface area (Å²) in [5.41, 5.74) is 6.54. The number of benzene rings is 1. The number of carbonyl (C=O) groups is 2. The summed E-state index contributed by atoms with van der Waals surface area (Å²) < 4.78 is 4.93. The molecule has 0 aliphatic heterocycles. The van der Waals surface area contributed by atoms with Gasteiger partial charge in [0.05, 0.1) is 13.0 Å². The lowest BCUT2D eigenvalue weighted by Crippen LogP contribution is -2.33. The number of aliphatic carboxylic acids is 1. The molecule has 0 heterocycles. The average molecular weight is 279 g/mol. The van der Waals surface area contributed by atoms with Crippen LogP contribution in [0.1, 0.15) is 31.2 Å². The topological polar surface area (TPSA) is 89.6 Å². The molecule has 1 atom stereocenters. The van der Waals surface area contributed by atoms with Crippen LogP contribution >= 0.6 is 0 Å². The number of rotatable bonds is 9. The van der Waals surface area contributed by atoms with Gasteiger partial charge in [-0.2, -0.15) is 0 Å². The zero-order valence-electron chi connectivity index (χ0n) is 11.5. The Balaban J connectivity index is 2.02. The molecule has 0 unspecified atom stereocenters. The molecular weight excluding hydrogens is 258 g/mol. The van der Waals surface area contributed by atoms with Crippen molar-refractivity contribution in [1.82, 2.24) is 0 Å². The summed E-state index contributed by atoms with van der Waals surface area (Å²) in [4.78, 5) is 21.7. The van der Waals surface area contributed by atoms with Gasteiger partial charge in [0, 0.05) is 0 Å². The minimum Gasteiger partial charge on any atom is -0.480 e. The number of carboxylic acid groups (broad SMARTS) is 1. The second kappa shape index (κ2) is 9.09. The molecule has 5 nitrogen and oxygen atoms in total. The summed E-state index contributed by atoms with van der Waals surface area (Å²) in [6, 6.07) is 9.03. The van der Waals surface area contributed by atoms with Crippen molar-refractivity contribution in [1.29, 1.82) is 0 Å². The van der Waals surface area contributed by atoms with E-state index in [1.807, 2.05) is 18.2 Å². The van der Waals surface area contributed by atoms with Gasteiger partial charge >= 0.3 is 11.9 Å². The molecule has 0 radical (unpaired) electrons. The van der Waals surface area contributed by atoms with E-state index in [4.69, 9.17) is 15.6 Å². The second-order valence-corrected chi connectivity index (χ2v) is 4.67. The van der Waals surface area contributed by atoms with Gasteiger partial charge in [-0.3, -0.25) is 9.59 Å². The fourth-order valence-corrected chi connectivity index (χ4v) is 1.76. The first-order chi connectivity index (χ1) is 9.59. The number of aryl methyl sites for hydroxylation is 1. The fraction of sp³-hybridized carbons (Fsp3) is 0.467. The first-order valence-electron chi connectivity index (χ1n) is 6.77. The molecule has 1 aromatic rings. The Morgan fingerprint density at radius 3 is 2.50 bits per heavy atom. The molecule has 1 rings (SSSR count). The summed E-state index contributed by atoms with van der Waals surface area (Å²) >= 11 is 0. The molecule has 0 bridgehead atoms. The minimum atomic E-state index is -1.19. The number of carboxylic acids is 1. The molecular formula is C15H21NO4. The first-order valence-corrected chi connectivity index (χ1v) is 6.77. The summed E-state index contributed by atoms with van der Waals surface area (Å²) in [6.07, 6.45) is 3.52. The number of hydrogen-bond acceptors (Lipinski definition) is 4. The van der Waals surface area contributed by atoms with Gasteiger partial charge in [-0.1, -0.05) is 30.3 Å². The summed E-state index contributed by atoms with van der Waals surface area (Å²) in [6.45, 7) is 0.319. The van der Waals surface area contributed by atoms with Gasteiger partial charge in [0.2, 0.25) is 0 Å². The van der Waals surface area contributed by atoms with Gasteiger partial charge in [0.25, 0.3) is 0 Å². The van der Waals surface area contributed by atoms with Crippen LogP contribution in [0.25, 0.3) is 0 Å². The van der Waals surface area contributed by atoms with Crippen LogP contribution in [0.15, 0.2) is 30.3 Å². The van der Waals surface area contributed by atoms with Crippen LogP contribution in [0.5, 0.6) is 0 Å². The molecule has 0 fully saturated rings. The molecule has 0 aliphatic carbocycles. The minimum absolute atomic E-state index is 0.278. The Bertz CT molecular complexity index is 419. The predicted molar refractivity (Wildman–Crippen MR) is 75.2 cm³/mol. The second-order valence-electron chi connectivity index (χ2n) is 4.67. The van der Waals surface area contributed by atoms with Crippen LogP contribution in [0.4, 0.5) is 0 Å². The molecule has 0 spiro atoms. The van der Waals surface area contributed by atoms with Crippen molar-refractivity contribution in [2.75, 3.05) is 6.61 Å². The molecule has 5 heteroatoms. The van der Waals surface area contributed by atoms with Crippen molar-refractivity contribution in [2.45, 2.75) is 38.1 Å². The van der Waals surface area contributed by atoms with Crippen LogP contribution in [0, 0.1) is 0 Å². The number of nitrogens with two attached hydrogens (primary N) is 1. The van der Waals surface area contributed by atoms with Gasteiger partial charge in [-0.25, -0.2) is 0 Å². The van der Waals surface area contributed by atoms with Crippen LogP contribution in [0.3, 0.4) is 0 Å². The van der Waals surface area contributed by atoms with Crippen LogP contribution < -0.4 is 5.73 Å². The summed E-state index contributed by atoms with van der Waals surface area (Å²) in [5.74, 6) is -1.74. The van der Waals surface area contributed by atoms with Crippen molar-refractivity contribution < 1.29 is 19.4 Å². The largest absolute Gasteiger partial charge is 0.480 e. The average Bonchev–Trinajstić information content (AvgIpc) is 2.43. The molecule has 0 aromatic heterocycles. The highest BCUT2D eigenvalue weighted by atomic mass is 16.5. The smallest absolute Gasteiger partial charge is 0.321 e. The fourth-order valence-electron chi connectivity index (χ4n) is 1.76. The normalized spacial score (nSPS) is 11.8. The van der Waals surface area contributed by atoms with E-state index < -0.39 is 18.0 Å². The number of unbranched alkanes of at least 4 members (excludes halogenated alkanes) is 2. The van der Waals surface area contributed by atoms with E-state index >= 15 is 0 Å². The van der Waals surface area contributed by atoms with Gasteiger partial charge < -0.3 is 15.6 Å². The third-order valence-corrected chi connectivity index (χ3v) is 2.92. The van der Waals surface area contributed by atoms with Crippen molar-refractivity contribution in [3.8, 4) is 0 Å². The molecule has 110 valence electrons. The lowest BCUT2D eigenvalue weighted by Gasteiger charge is -2.07. The van der Waals surface area contributed by atoms with Gasteiger partial charge in [-0.15, -0.1) is 0 Å². The molecule has 0 saturated carbocycles. The lowest BCUT2D eigenvalue weighted by molar-refractivity contribution is -0.148. The number of ether oxygens (including phenoxy) is 1. The van der Waals surface area contributed by atoms with Crippen molar-refractivity contribution in [3.05, 3.63) is 35.9 Å². The van der Waals surface area contributed by atoms with Crippen molar-refractivity contribution >= 4 is 11.9 Å². The van der Waals surface area contributed by atoms with Gasteiger partial charge in [0.15, 0.2) is 0 Å². The van der Waals surface area contributed by atoms with E-state index in [2.05, 4.69) is 12.1 Å². The van der Waals surface area contributed by atoms with Gasteiger partial charge in [-0.05, 0) is 31.2 Å². The zero-order valence-corrected chi connectivity index (χ0v) is 11.5. The Kier molecular flexibility index (Phi) is 7.35. The third-order valence-electron chi connectivity index (χ3n) is 2.92.